The van der Waals surface area contributed by atoms with Gasteiger partial charge in [0, 0.05) is 15.0 Å². The Kier molecular flexibility index (Phi) is 10.4. The van der Waals surface area contributed by atoms with Crippen molar-refractivity contribution in [2.45, 2.75) is 39.5 Å². The highest BCUT2D eigenvalue weighted by Gasteiger charge is 2.17. The number of aryl methyl sites for hydroxylation is 1. The minimum Gasteiger partial charge on any atom is -0.478 e. The summed E-state index contributed by atoms with van der Waals surface area (Å²) in [5, 5.41) is 14.4. The minimum absolute atomic E-state index is 0. The molecule has 155 valence electrons. The highest BCUT2D eigenvalue weighted by atomic mass is 16.4. The third-order valence-corrected chi connectivity index (χ3v) is 4.85. The van der Waals surface area contributed by atoms with Crippen LogP contribution in [0, 0.1) is 0 Å². The van der Waals surface area contributed by atoms with E-state index in [1.165, 1.54) is 0 Å². The average molecular weight is 402 g/mol. The molecule has 0 aliphatic heterocycles. The van der Waals surface area contributed by atoms with Crippen molar-refractivity contribution in [2.24, 2.45) is 0 Å². The summed E-state index contributed by atoms with van der Waals surface area (Å²) in [5.74, 6) is -1.18. The quantitative estimate of drug-likeness (QED) is 0.430. The van der Waals surface area contributed by atoms with Gasteiger partial charge in [-0.15, -0.1) is 0 Å². The van der Waals surface area contributed by atoms with Crippen LogP contribution in [0.5, 0.6) is 0 Å². The summed E-state index contributed by atoms with van der Waals surface area (Å²) in [6, 6.07) is 21.1. The molecule has 2 N–H and O–H groups in total. The fourth-order valence-corrected chi connectivity index (χ4v) is 3.36. The molecule has 0 aromatic heterocycles. The first kappa shape index (κ1) is 25.0. The van der Waals surface area contributed by atoms with Crippen molar-refractivity contribution >= 4 is 31.1 Å². The number of carbonyl (C=O) groups is 2. The number of aromatic carboxylic acids is 1. The van der Waals surface area contributed by atoms with Crippen LogP contribution in [0.1, 0.15) is 54.6 Å². The molecule has 3 aromatic rings. The highest BCUT2D eigenvalue weighted by Crippen LogP contribution is 2.25. The van der Waals surface area contributed by atoms with Crippen LogP contribution in [-0.2, 0) is 11.2 Å². The number of amides is 1. The molecular weight excluding hydrogens is 373 g/mol. The van der Waals surface area contributed by atoms with Crippen molar-refractivity contribution in [1.29, 1.82) is 0 Å². The Morgan fingerprint density at radius 3 is 2.30 bits per heavy atom. The minimum atomic E-state index is -0.917. The summed E-state index contributed by atoms with van der Waals surface area (Å²) >= 11 is 0. The van der Waals surface area contributed by atoms with Gasteiger partial charge in [0.05, 0.1) is 11.5 Å². The second-order valence-electron chi connectivity index (χ2n) is 6.65. The van der Waals surface area contributed by atoms with E-state index in [2.05, 4.69) is 5.32 Å². The number of nitrogens with one attached hydrogen (secondary N) is 1. The zero-order valence-corrected chi connectivity index (χ0v) is 17.9. The van der Waals surface area contributed by atoms with Gasteiger partial charge >= 0.3 is 5.97 Å². The van der Waals surface area contributed by atoms with Crippen LogP contribution < -0.4 is 5.32 Å². The van der Waals surface area contributed by atoms with Gasteiger partial charge in [-0.25, -0.2) is 4.79 Å². The van der Waals surface area contributed by atoms with Crippen molar-refractivity contribution in [1.82, 2.24) is 5.32 Å². The summed E-state index contributed by atoms with van der Waals surface area (Å²) in [7, 11) is 0. The molecule has 0 aliphatic rings. The summed E-state index contributed by atoms with van der Waals surface area (Å²) in [5.41, 5.74) is 2.14. The SMILES string of the molecule is CC.CC(C(=O)NCCCc1ccccc1C(=O)O)c1cccc2ccccc12.[B]. The van der Waals surface area contributed by atoms with Crippen LogP contribution in [-0.4, -0.2) is 31.9 Å². The molecule has 1 atom stereocenters. The van der Waals surface area contributed by atoms with Crippen LogP contribution in [0.25, 0.3) is 10.8 Å². The molecular formula is C25H29BNO3. The maximum absolute atomic E-state index is 12.6. The lowest BCUT2D eigenvalue weighted by atomic mass is 9.94. The van der Waals surface area contributed by atoms with Crippen LogP contribution in [0.4, 0.5) is 0 Å². The van der Waals surface area contributed by atoms with Crippen LogP contribution in [0.2, 0.25) is 0 Å². The molecule has 0 saturated carbocycles. The van der Waals surface area contributed by atoms with E-state index in [4.69, 9.17) is 0 Å². The molecule has 4 nitrogen and oxygen atoms in total. The Morgan fingerprint density at radius 1 is 0.933 bits per heavy atom. The average Bonchev–Trinajstić information content (AvgIpc) is 2.77. The number of carboxylic acids is 1. The molecule has 1 unspecified atom stereocenters. The van der Waals surface area contributed by atoms with E-state index in [-0.39, 0.29) is 20.2 Å². The summed E-state index contributed by atoms with van der Waals surface area (Å²) in [6.45, 7) is 6.43. The van der Waals surface area contributed by atoms with Gasteiger partial charge in [0.2, 0.25) is 5.91 Å². The molecule has 0 fully saturated rings. The van der Waals surface area contributed by atoms with Gasteiger partial charge in [-0.1, -0.05) is 74.5 Å². The zero-order valence-electron chi connectivity index (χ0n) is 17.9. The molecule has 3 aromatic carbocycles. The third kappa shape index (κ3) is 6.21. The van der Waals surface area contributed by atoms with E-state index in [1.54, 1.807) is 12.1 Å². The first-order valence-electron chi connectivity index (χ1n) is 10.1. The Labute approximate surface area is 180 Å². The van der Waals surface area contributed by atoms with E-state index in [0.29, 0.717) is 24.9 Å². The molecule has 1 amide bonds. The van der Waals surface area contributed by atoms with Crippen LogP contribution in [0.15, 0.2) is 66.7 Å². The van der Waals surface area contributed by atoms with Gasteiger partial charge in [0.15, 0.2) is 0 Å². The highest BCUT2D eigenvalue weighted by molar-refractivity contribution is 5.92. The molecule has 3 radical (unpaired) electrons. The Bertz CT molecular complexity index is 966. The zero-order chi connectivity index (χ0) is 21.2. The lowest BCUT2D eigenvalue weighted by molar-refractivity contribution is -0.122. The van der Waals surface area contributed by atoms with Crippen molar-refractivity contribution in [3.63, 3.8) is 0 Å². The molecule has 30 heavy (non-hydrogen) atoms. The smallest absolute Gasteiger partial charge is 0.335 e. The van der Waals surface area contributed by atoms with Crippen molar-refractivity contribution in [3.8, 4) is 0 Å². The Balaban J connectivity index is 0.00000146. The standard InChI is InChI=1S/C23H23NO3.C2H6.B/c1-16(19-14-6-10-17-8-2-4-12-20(17)19)22(25)24-15-7-11-18-9-3-5-13-21(18)23(26)27;1-2;/h2-6,8-10,12-14,16H,7,11,15H2,1H3,(H,24,25)(H,26,27);1-2H3;. The van der Waals surface area contributed by atoms with Gasteiger partial charge in [-0.05, 0) is 47.7 Å². The predicted molar refractivity (Wildman–Crippen MR) is 124 cm³/mol. The van der Waals surface area contributed by atoms with Crippen LogP contribution in [0.3, 0.4) is 0 Å². The fraction of sp³-hybridized carbons (Fsp3) is 0.280. The summed E-state index contributed by atoms with van der Waals surface area (Å²) < 4.78 is 0. The Hall–Kier alpha value is -3.08. The van der Waals surface area contributed by atoms with Crippen molar-refractivity contribution in [3.05, 3.63) is 83.4 Å². The van der Waals surface area contributed by atoms with E-state index < -0.39 is 5.97 Å². The molecule has 0 saturated heterocycles. The van der Waals surface area contributed by atoms with E-state index in [0.717, 1.165) is 21.9 Å². The van der Waals surface area contributed by atoms with Gasteiger partial charge < -0.3 is 10.4 Å². The maximum atomic E-state index is 12.6. The summed E-state index contributed by atoms with van der Waals surface area (Å²) in [4.78, 5) is 23.8. The lowest BCUT2D eigenvalue weighted by Gasteiger charge is -2.15. The normalized spacial score (nSPS) is 10.9. The summed E-state index contributed by atoms with van der Waals surface area (Å²) in [6.07, 6.45) is 1.31. The number of hydrogen-bond acceptors (Lipinski definition) is 2. The number of fused-ring (bicyclic) bond motifs is 1. The molecule has 3 rings (SSSR count). The molecule has 0 bridgehead atoms. The second-order valence-corrected chi connectivity index (χ2v) is 6.65. The van der Waals surface area contributed by atoms with Crippen molar-refractivity contribution < 1.29 is 14.7 Å². The monoisotopic (exact) mass is 402 g/mol. The van der Waals surface area contributed by atoms with Gasteiger partial charge in [0.1, 0.15) is 0 Å². The maximum Gasteiger partial charge on any atom is 0.335 e. The number of carboxylic acid groups (broad SMARTS) is 1. The van der Waals surface area contributed by atoms with E-state index in [1.807, 2.05) is 75.4 Å². The number of benzene rings is 3. The van der Waals surface area contributed by atoms with Gasteiger partial charge in [-0.3, -0.25) is 4.79 Å². The first-order valence-corrected chi connectivity index (χ1v) is 10.1. The second kappa shape index (κ2) is 12.5. The molecule has 0 spiro atoms. The number of rotatable bonds is 7. The van der Waals surface area contributed by atoms with Gasteiger partial charge in [-0.2, -0.15) is 0 Å². The molecule has 5 heteroatoms. The fourth-order valence-electron chi connectivity index (χ4n) is 3.36. The predicted octanol–water partition coefficient (Wildman–Crippen LogP) is 5.04. The number of hydrogen-bond donors (Lipinski definition) is 2. The molecule has 0 aliphatic carbocycles. The topological polar surface area (TPSA) is 66.4 Å². The van der Waals surface area contributed by atoms with E-state index >= 15 is 0 Å². The lowest BCUT2D eigenvalue weighted by Crippen LogP contribution is -2.29. The van der Waals surface area contributed by atoms with E-state index in [9.17, 15) is 14.7 Å². The van der Waals surface area contributed by atoms with Crippen LogP contribution >= 0.6 is 0 Å². The first-order chi connectivity index (χ1) is 14.1. The largest absolute Gasteiger partial charge is 0.478 e. The Morgan fingerprint density at radius 2 is 1.57 bits per heavy atom. The number of carbonyl (C=O) groups excluding carboxylic acids is 1. The third-order valence-electron chi connectivity index (χ3n) is 4.85. The molecule has 0 heterocycles. The van der Waals surface area contributed by atoms with Gasteiger partial charge in [0.25, 0.3) is 0 Å². The van der Waals surface area contributed by atoms with Crippen molar-refractivity contribution in [2.75, 3.05) is 6.54 Å².